The van der Waals surface area contributed by atoms with Crippen molar-refractivity contribution in [3.8, 4) is 0 Å². The fraction of sp³-hybridized carbons (Fsp3) is 0.500. The predicted molar refractivity (Wildman–Crippen MR) is 59.3 cm³/mol. The zero-order valence-electron chi connectivity index (χ0n) is 8.99. The molecular weight excluding hydrogens is 191 g/mol. The van der Waals surface area contributed by atoms with Crippen molar-refractivity contribution in [3.05, 3.63) is 35.9 Å². The molecule has 15 heavy (non-hydrogen) atoms. The Morgan fingerprint density at radius 1 is 1.40 bits per heavy atom. The van der Waals surface area contributed by atoms with E-state index in [-0.39, 0.29) is 0 Å². The van der Waals surface area contributed by atoms with Crippen molar-refractivity contribution in [1.82, 2.24) is 10.2 Å². The monoisotopic (exact) mass is 208 g/mol. The summed E-state index contributed by atoms with van der Waals surface area (Å²) in [5, 5.41) is 3.31. The van der Waals surface area contributed by atoms with Gasteiger partial charge in [0.05, 0.1) is 0 Å². The molecule has 1 aliphatic heterocycles. The number of halogens is 1. The van der Waals surface area contributed by atoms with Crippen molar-refractivity contribution in [3.63, 3.8) is 0 Å². The van der Waals surface area contributed by atoms with Crippen LogP contribution in [-0.4, -0.2) is 30.6 Å². The van der Waals surface area contributed by atoms with Gasteiger partial charge >= 0.3 is 0 Å². The van der Waals surface area contributed by atoms with Crippen LogP contribution in [0.5, 0.6) is 0 Å². The van der Waals surface area contributed by atoms with Crippen LogP contribution < -0.4 is 5.32 Å². The molecule has 1 aliphatic rings. The van der Waals surface area contributed by atoms with Crippen molar-refractivity contribution in [2.45, 2.75) is 19.3 Å². The molecule has 1 heterocycles. The Hall–Kier alpha value is -0.930. The molecule has 0 bridgehead atoms. The second kappa shape index (κ2) is 4.73. The third-order valence-corrected chi connectivity index (χ3v) is 2.80. The van der Waals surface area contributed by atoms with Crippen LogP contribution in [0.1, 0.15) is 18.8 Å². The van der Waals surface area contributed by atoms with Crippen LogP contribution in [0.4, 0.5) is 4.39 Å². The Morgan fingerprint density at radius 2 is 2.13 bits per heavy atom. The molecule has 1 saturated heterocycles. The van der Waals surface area contributed by atoms with E-state index in [2.05, 4.69) is 12.2 Å². The summed E-state index contributed by atoms with van der Waals surface area (Å²) in [5.41, 5.74) is 0.756. The molecule has 0 aromatic heterocycles. The van der Waals surface area contributed by atoms with Gasteiger partial charge in [0.25, 0.3) is 0 Å². The second-order valence-corrected chi connectivity index (χ2v) is 4.10. The molecule has 3 heteroatoms. The van der Waals surface area contributed by atoms with Gasteiger partial charge in [-0.2, -0.15) is 0 Å². The predicted octanol–water partition coefficient (Wildman–Crippen LogP) is 1.95. The van der Waals surface area contributed by atoms with E-state index in [0.717, 1.165) is 25.2 Å². The van der Waals surface area contributed by atoms with E-state index < -0.39 is 6.30 Å². The number of hydrogen-bond donors (Lipinski definition) is 1. The number of hydrogen-bond acceptors (Lipinski definition) is 2. The highest BCUT2D eigenvalue weighted by Gasteiger charge is 2.23. The van der Waals surface area contributed by atoms with Crippen LogP contribution in [0, 0.1) is 0 Å². The van der Waals surface area contributed by atoms with E-state index in [9.17, 15) is 4.39 Å². The van der Waals surface area contributed by atoms with Crippen LogP contribution in [-0.2, 0) is 0 Å². The number of benzene rings is 1. The van der Waals surface area contributed by atoms with Gasteiger partial charge in [-0.05, 0) is 6.92 Å². The molecule has 0 amide bonds. The first-order valence-corrected chi connectivity index (χ1v) is 5.44. The molecule has 1 fully saturated rings. The zero-order valence-corrected chi connectivity index (χ0v) is 8.99. The highest BCUT2D eigenvalue weighted by molar-refractivity contribution is 5.17. The molecule has 2 unspecified atom stereocenters. The Kier molecular flexibility index (Phi) is 3.34. The number of alkyl halides is 1. The standard InChI is InChI=1S/C12H17FN2/c1-10-9-15(8-7-14-10)12(13)11-5-3-2-4-6-11/h2-6,10,12,14H,7-9H2,1H3. The molecule has 1 N–H and O–H groups in total. The van der Waals surface area contributed by atoms with Gasteiger partial charge < -0.3 is 5.32 Å². The zero-order chi connectivity index (χ0) is 10.7. The van der Waals surface area contributed by atoms with Gasteiger partial charge in [-0.3, -0.25) is 4.90 Å². The van der Waals surface area contributed by atoms with Gasteiger partial charge in [-0.25, -0.2) is 4.39 Å². The molecule has 2 atom stereocenters. The summed E-state index contributed by atoms with van der Waals surface area (Å²) in [6.45, 7) is 4.51. The first kappa shape index (κ1) is 10.6. The van der Waals surface area contributed by atoms with Crippen molar-refractivity contribution in [2.24, 2.45) is 0 Å². The summed E-state index contributed by atoms with van der Waals surface area (Å²) in [5.74, 6) is 0. The molecule has 0 saturated carbocycles. The van der Waals surface area contributed by atoms with E-state index in [0.29, 0.717) is 6.04 Å². The minimum atomic E-state index is -0.962. The lowest BCUT2D eigenvalue weighted by Gasteiger charge is -2.34. The molecular formula is C12H17FN2. The van der Waals surface area contributed by atoms with Gasteiger partial charge in [0.15, 0.2) is 6.30 Å². The minimum Gasteiger partial charge on any atom is -0.312 e. The maximum Gasteiger partial charge on any atom is 0.179 e. The summed E-state index contributed by atoms with van der Waals surface area (Å²) in [7, 11) is 0. The van der Waals surface area contributed by atoms with Crippen LogP contribution >= 0.6 is 0 Å². The average Bonchev–Trinajstić information content (AvgIpc) is 2.29. The highest BCUT2D eigenvalue weighted by Crippen LogP contribution is 2.22. The van der Waals surface area contributed by atoms with E-state index >= 15 is 0 Å². The largest absolute Gasteiger partial charge is 0.312 e. The molecule has 0 spiro atoms. The molecule has 1 aromatic carbocycles. The number of nitrogens with one attached hydrogen (secondary N) is 1. The van der Waals surface area contributed by atoms with Crippen LogP contribution in [0.25, 0.3) is 0 Å². The van der Waals surface area contributed by atoms with Gasteiger partial charge in [-0.1, -0.05) is 30.3 Å². The van der Waals surface area contributed by atoms with Crippen LogP contribution in [0.3, 0.4) is 0 Å². The van der Waals surface area contributed by atoms with Crippen molar-refractivity contribution in [2.75, 3.05) is 19.6 Å². The number of rotatable bonds is 2. The van der Waals surface area contributed by atoms with E-state index in [1.165, 1.54) is 0 Å². The molecule has 2 nitrogen and oxygen atoms in total. The Balaban J connectivity index is 2.04. The molecule has 82 valence electrons. The maximum absolute atomic E-state index is 14.1. The van der Waals surface area contributed by atoms with Crippen molar-refractivity contribution < 1.29 is 4.39 Å². The Bertz CT molecular complexity index is 302. The SMILES string of the molecule is CC1CN(C(F)c2ccccc2)CCN1. The average molecular weight is 208 g/mol. The first-order valence-electron chi connectivity index (χ1n) is 5.44. The fourth-order valence-corrected chi connectivity index (χ4v) is 1.99. The van der Waals surface area contributed by atoms with Gasteiger partial charge in [0, 0.05) is 31.2 Å². The van der Waals surface area contributed by atoms with Gasteiger partial charge in [-0.15, -0.1) is 0 Å². The fourth-order valence-electron chi connectivity index (χ4n) is 1.99. The van der Waals surface area contributed by atoms with Crippen LogP contribution in [0.15, 0.2) is 30.3 Å². The first-order chi connectivity index (χ1) is 7.27. The number of nitrogens with zero attached hydrogens (tertiary/aromatic N) is 1. The normalized spacial score (nSPS) is 25.1. The third-order valence-electron chi connectivity index (χ3n) is 2.80. The second-order valence-electron chi connectivity index (χ2n) is 4.10. The van der Waals surface area contributed by atoms with E-state index in [1.807, 2.05) is 35.2 Å². The topological polar surface area (TPSA) is 15.3 Å². The van der Waals surface area contributed by atoms with E-state index in [4.69, 9.17) is 0 Å². The molecule has 2 rings (SSSR count). The highest BCUT2D eigenvalue weighted by atomic mass is 19.1. The van der Waals surface area contributed by atoms with E-state index in [1.54, 1.807) is 0 Å². The van der Waals surface area contributed by atoms with Gasteiger partial charge in [0.2, 0.25) is 0 Å². The molecule has 1 aromatic rings. The summed E-state index contributed by atoms with van der Waals surface area (Å²) < 4.78 is 14.1. The van der Waals surface area contributed by atoms with Crippen LogP contribution in [0.2, 0.25) is 0 Å². The Labute approximate surface area is 90.1 Å². The summed E-state index contributed by atoms with van der Waals surface area (Å²) in [6, 6.07) is 9.74. The number of piperazine rings is 1. The maximum atomic E-state index is 14.1. The summed E-state index contributed by atoms with van der Waals surface area (Å²) >= 11 is 0. The summed E-state index contributed by atoms with van der Waals surface area (Å²) in [6.07, 6.45) is -0.962. The molecule has 0 aliphatic carbocycles. The minimum absolute atomic E-state index is 0.376. The Morgan fingerprint density at radius 3 is 2.80 bits per heavy atom. The lowest BCUT2D eigenvalue weighted by atomic mass is 10.1. The van der Waals surface area contributed by atoms with Gasteiger partial charge in [0.1, 0.15) is 0 Å². The summed E-state index contributed by atoms with van der Waals surface area (Å²) in [4.78, 5) is 1.89. The lowest BCUT2D eigenvalue weighted by Crippen LogP contribution is -2.49. The lowest BCUT2D eigenvalue weighted by molar-refractivity contribution is 0.0562. The third kappa shape index (κ3) is 2.55. The van der Waals surface area contributed by atoms with Crippen molar-refractivity contribution in [1.29, 1.82) is 0 Å². The molecule has 0 radical (unpaired) electrons. The quantitative estimate of drug-likeness (QED) is 0.747. The smallest absolute Gasteiger partial charge is 0.179 e. The van der Waals surface area contributed by atoms with Crippen molar-refractivity contribution >= 4 is 0 Å².